The standard InChI is InChI=1S/C26H34N2O4/c1-17(2)12-13-27-25(29)23-16-28(26(30)20-9-7-6-8-18(20)3)15-22(23)21-14-19(31-4)10-11-24(21)32-5/h6-11,14,17,22-23H,12-13,15-16H2,1-5H3,(H,27,29). The highest BCUT2D eigenvalue weighted by atomic mass is 16.5. The van der Waals surface area contributed by atoms with Crippen LogP contribution >= 0.6 is 0 Å². The third kappa shape index (κ3) is 5.23. The summed E-state index contributed by atoms with van der Waals surface area (Å²) < 4.78 is 11.0. The number of hydrogen-bond acceptors (Lipinski definition) is 4. The summed E-state index contributed by atoms with van der Waals surface area (Å²) in [6.45, 7) is 7.63. The van der Waals surface area contributed by atoms with Crippen LogP contribution in [0.1, 0.15) is 47.7 Å². The van der Waals surface area contributed by atoms with E-state index >= 15 is 0 Å². The lowest BCUT2D eigenvalue weighted by Gasteiger charge is -2.21. The van der Waals surface area contributed by atoms with Crippen molar-refractivity contribution < 1.29 is 19.1 Å². The molecule has 2 amide bonds. The minimum Gasteiger partial charge on any atom is -0.497 e. The SMILES string of the molecule is COc1ccc(OC)c(C2CN(C(=O)c3ccccc3C)CC2C(=O)NCCC(C)C)c1. The second-order valence-electron chi connectivity index (χ2n) is 8.82. The summed E-state index contributed by atoms with van der Waals surface area (Å²) in [6, 6.07) is 13.2. The van der Waals surface area contributed by atoms with E-state index in [0.717, 1.165) is 17.5 Å². The fraction of sp³-hybridized carbons (Fsp3) is 0.462. The molecule has 1 aliphatic heterocycles. The predicted molar refractivity (Wildman–Crippen MR) is 125 cm³/mol. The molecule has 1 aliphatic rings. The van der Waals surface area contributed by atoms with Gasteiger partial charge in [-0.15, -0.1) is 0 Å². The normalized spacial score (nSPS) is 18.0. The zero-order chi connectivity index (χ0) is 23.3. The van der Waals surface area contributed by atoms with Crippen LogP contribution in [0, 0.1) is 18.8 Å². The van der Waals surface area contributed by atoms with Crippen molar-refractivity contribution in [2.24, 2.45) is 11.8 Å². The molecule has 1 fully saturated rings. The van der Waals surface area contributed by atoms with E-state index in [-0.39, 0.29) is 23.7 Å². The van der Waals surface area contributed by atoms with Crippen LogP contribution in [0.2, 0.25) is 0 Å². The number of benzene rings is 2. The molecule has 6 heteroatoms. The Morgan fingerprint density at radius 2 is 1.84 bits per heavy atom. The Labute approximate surface area is 190 Å². The number of carbonyl (C=O) groups excluding carboxylic acids is 2. The first kappa shape index (κ1) is 23.6. The van der Waals surface area contributed by atoms with Gasteiger partial charge < -0.3 is 19.7 Å². The molecule has 0 spiro atoms. The topological polar surface area (TPSA) is 67.9 Å². The van der Waals surface area contributed by atoms with E-state index in [0.29, 0.717) is 42.6 Å². The van der Waals surface area contributed by atoms with Crippen molar-refractivity contribution in [1.29, 1.82) is 0 Å². The molecule has 32 heavy (non-hydrogen) atoms. The second-order valence-corrected chi connectivity index (χ2v) is 8.82. The molecule has 2 atom stereocenters. The molecule has 6 nitrogen and oxygen atoms in total. The Hall–Kier alpha value is -3.02. The van der Waals surface area contributed by atoms with E-state index in [1.807, 2.05) is 49.4 Å². The number of rotatable bonds is 8. The van der Waals surface area contributed by atoms with Crippen LogP contribution in [0.3, 0.4) is 0 Å². The monoisotopic (exact) mass is 438 g/mol. The molecule has 2 unspecified atom stereocenters. The molecule has 1 heterocycles. The summed E-state index contributed by atoms with van der Waals surface area (Å²) in [5.41, 5.74) is 2.48. The van der Waals surface area contributed by atoms with Gasteiger partial charge in [-0.1, -0.05) is 32.0 Å². The molecule has 0 saturated carbocycles. The van der Waals surface area contributed by atoms with Gasteiger partial charge in [0, 0.05) is 36.7 Å². The molecule has 1 N–H and O–H groups in total. The summed E-state index contributed by atoms with van der Waals surface area (Å²) in [7, 11) is 3.23. The third-order valence-electron chi connectivity index (χ3n) is 6.18. The fourth-order valence-electron chi connectivity index (χ4n) is 4.28. The van der Waals surface area contributed by atoms with Crippen molar-refractivity contribution >= 4 is 11.8 Å². The number of aryl methyl sites for hydroxylation is 1. The van der Waals surface area contributed by atoms with Gasteiger partial charge in [-0.05, 0) is 49.1 Å². The van der Waals surface area contributed by atoms with E-state index in [9.17, 15) is 9.59 Å². The Morgan fingerprint density at radius 3 is 2.50 bits per heavy atom. The molecule has 0 bridgehead atoms. The smallest absolute Gasteiger partial charge is 0.254 e. The number of amides is 2. The number of methoxy groups -OCH3 is 2. The number of hydrogen-bond donors (Lipinski definition) is 1. The van der Waals surface area contributed by atoms with Gasteiger partial charge in [-0.3, -0.25) is 9.59 Å². The predicted octanol–water partition coefficient (Wildman–Crippen LogP) is 4.03. The van der Waals surface area contributed by atoms with Crippen LogP contribution in [0.5, 0.6) is 11.5 Å². The van der Waals surface area contributed by atoms with E-state index < -0.39 is 0 Å². The van der Waals surface area contributed by atoms with Crippen molar-refractivity contribution in [3.8, 4) is 11.5 Å². The summed E-state index contributed by atoms with van der Waals surface area (Å²) in [4.78, 5) is 28.3. The highest BCUT2D eigenvalue weighted by Gasteiger charge is 2.42. The number of likely N-dealkylation sites (tertiary alicyclic amines) is 1. The molecular weight excluding hydrogens is 404 g/mol. The lowest BCUT2D eigenvalue weighted by Crippen LogP contribution is -2.36. The van der Waals surface area contributed by atoms with Crippen molar-refractivity contribution in [3.05, 3.63) is 59.2 Å². The average Bonchev–Trinajstić information content (AvgIpc) is 3.23. The minimum atomic E-state index is -0.365. The molecule has 3 rings (SSSR count). The largest absolute Gasteiger partial charge is 0.497 e. The van der Waals surface area contributed by atoms with Gasteiger partial charge in [0.25, 0.3) is 5.91 Å². The van der Waals surface area contributed by atoms with E-state index in [4.69, 9.17) is 9.47 Å². The molecule has 172 valence electrons. The quantitative estimate of drug-likeness (QED) is 0.676. The third-order valence-corrected chi connectivity index (χ3v) is 6.18. The molecule has 0 radical (unpaired) electrons. The van der Waals surface area contributed by atoms with Crippen LogP contribution < -0.4 is 14.8 Å². The van der Waals surface area contributed by atoms with Crippen molar-refractivity contribution in [1.82, 2.24) is 10.2 Å². The molecule has 0 aromatic heterocycles. The Kier molecular flexibility index (Phi) is 7.78. The highest BCUT2D eigenvalue weighted by molar-refractivity contribution is 5.96. The van der Waals surface area contributed by atoms with Crippen molar-refractivity contribution in [2.45, 2.75) is 33.1 Å². The number of nitrogens with one attached hydrogen (secondary N) is 1. The molecule has 2 aromatic rings. The first-order chi connectivity index (χ1) is 15.3. The second kappa shape index (κ2) is 10.5. The number of carbonyl (C=O) groups is 2. The summed E-state index contributed by atoms with van der Waals surface area (Å²) in [6.07, 6.45) is 0.914. The highest BCUT2D eigenvalue weighted by Crippen LogP contribution is 2.40. The lowest BCUT2D eigenvalue weighted by atomic mass is 9.87. The number of ether oxygens (including phenoxy) is 2. The van der Waals surface area contributed by atoms with E-state index in [1.54, 1.807) is 19.1 Å². The van der Waals surface area contributed by atoms with Crippen LogP contribution in [-0.4, -0.2) is 50.6 Å². The summed E-state index contributed by atoms with van der Waals surface area (Å²) in [5.74, 6) is 1.27. The first-order valence-electron chi connectivity index (χ1n) is 11.2. The molecule has 0 aliphatic carbocycles. The van der Waals surface area contributed by atoms with Gasteiger partial charge in [-0.25, -0.2) is 0 Å². The first-order valence-corrected chi connectivity index (χ1v) is 11.2. The van der Waals surface area contributed by atoms with Gasteiger partial charge in [0.05, 0.1) is 20.1 Å². The van der Waals surface area contributed by atoms with E-state index in [2.05, 4.69) is 19.2 Å². The van der Waals surface area contributed by atoms with Crippen molar-refractivity contribution in [3.63, 3.8) is 0 Å². The van der Waals surface area contributed by atoms with Gasteiger partial charge in [0.15, 0.2) is 0 Å². The van der Waals surface area contributed by atoms with E-state index in [1.165, 1.54) is 0 Å². The van der Waals surface area contributed by atoms with Gasteiger partial charge in [-0.2, -0.15) is 0 Å². The fourth-order valence-corrected chi connectivity index (χ4v) is 4.28. The molecule has 1 saturated heterocycles. The average molecular weight is 439 g/mol. The van der Waals surface area contributed by atoms with Crippen molar-refractivity contribution in [2.75, 3.05) is 33.9 Å². The Bertz CT molecular complexity index is 957. The Balaban J connectivity index is 1.92. The van der Waals surface area contributed by atoms with Crippen LogP contribution in [0.25, 0.3) is 0 Å². The summed E-state index contributed by atoms with van der Waals surface area (Å²) in [5, 5.41) is 3.08. The zero-order valence-corrected chi connectivity index (χ0v) is 19.7. The van der Waals surface area contributed by atoms with Gasteiger partial charge in [0.2, 0.25) is 5.91 Å². The maximum Gasteiger partial charge on any atom is 0.254 e. The summed E-state index contributed by atoms with van der Waals surface area (Å²) >= 11 is 0. The zero-order valence-electron chi connectivity index (χ0n) is 19.7. The maximum absolute atomic E-state index is 13.3. The van der Waals surface area contributed by atoms with Crippen LogP contribution in [0.15, 0.2) is 42.5 Å². The lowest BCUT2D eigenvalue weighted by molar-refractivity contribution is -0.124. The van der Waals surface area contributed by atoms with Crippen LogP contribution in [0.4, 0.5) is 0 Å². The van der Waals surface area contributed by atoms with Gasteiger partial charge in [0.1, 0.15) is 11.5 Å². The van der Waals surface area contributed by atoms with Crippen LogP contribution in [-0.2, 0) is 4.79 Å². The molecule has 2 aromatic carbocycles. The maximum atomic E-state index is 13.3. The Morgan fingerprint density at radius 1 is 1.09 bits per heavy atom. The number of nitrogens with zero attached hydrogens (tertiary/aromatic N) is 1. The minimum absolute atomic E-state index is 0.0272. The van der Waals surface area contributed by atoms with Gasteiger partial charge >= 0.3 is 0 Å². The molecular formula is C26H34N2O4.